The van der Waals surface area contributed by atoms with E-state index in [-0.39, 0.29) is 24.2 Å². The quantitative estimate of drug-likeness (QED) is 0.212. The van der Waals surface area contributed by atoms with Crippen LogP contribution in [0.2, 0.25) is 0 Å². The highest BCUT2D eigenvalue weighted by molar-refractivity contribution is 5.81. The van der Waals surface area contributed by atoms with Gasteiger partial charge in [0.1, 0.15) is 0 Å². The summed E-state index contributed by atoms with van der Waals surface area (Å²) in [4.78, 5) is 3.40. The number of halogens is 6. The summed E-state index contributed by atoms with van der Waals surface area (Å²) in [5, 5.41) is 0. The smallest absolute Gasteiger partial charge is 0.370 e. The van der Waals surface area contributed by atoms with E-state index in [1.165, 1.54) is 24.3 Å². The molecule has 4 bridgehead atoms. The molecular formula is C30H24F6N2. The minimum Gasteiger partial charge on any atom is -0.370 e. The van der Waals surface area contributed by atoms with Gasteiger partial charge in [-0.05, 0) is 58.7 Å². The van der Waals surface area contributed by atoms with Crippen LogP contribution < -0.4 is 9.80 Å². The van der Waals surface area contributed by atoms with E-state index in [2.05, 4.69) is 0 Å². The van der Waals surface area contributed by atoms with E-state index in [1.807, 2.05) is 0 Å². The lowest BCUT2D eigenvalue weighted by molar-refractivity contribution is -0.139. The lowest BCUT2D eigenvalue weighted by Crippen LogP contribution is -2.22. The number of alkyl halides is 6. The maximum absolute atomic E-state index is 14.0. The molecule has 0 aliphatic carbocycles. The van der Waals surface area contributed by atoms with Crippen molar-refractivity contribution >= 4 is 11.4 Å². The van der Waals surface area contributed by atoms with Gasteiger partial charge in [0.15, 0.2) is 0 Å². The lowest BCUT2D eigenvalue weighted by Gasteiger charge is -2.28. The van der Waals surface area contributed by atoms with E-state index in [1.54, 1.807) is 72.4 Å². The van der Waals surface area contributed by atoms with Crippen LogP contribution in [-0.4, -0.2) is 14.1 Å². The average Bonchev–Trinajstić information content (AvgIpc) is 2.86. The molecule has 0 amide bonds. The van der Waals surface area contributed by atoms with Crippen molar-refractivity contribution in [1.82, 2.24) is 0 Å². The van der Waals surface area contributed by atoms with Crippen LogP contribution in [0.15, 0.2) is 84.9 Å². The Labute approximate surface area is 216 Å². The molecule has 4 aromatic carbocycles. The van der Waals surface area contributed by atoms with Crippen molar-refractivity contribution in [1.29, 1.82) is 0 Å². The number of fused-ring (bicyclic) bond motifs is 8. The summed E-state index contributed by atoms with van der Waals surface area (Å²) in [6, 6.07) is 22.2. The maximum atomic E-state index is 14.0. The van der Waals surface area contributed by atoms with Crippen molar-refractivity contribution in [2.24, 2.45) is 0 Å². The molecule has 0 saturated heterocycles. The molecule has 0 atom stereocenters. The minimum atomic E-state index is -4.54. The highest BCUT2D eigenvalue weighted by atomic mass is 19.4. The second-order valence-electron chi connectivity index (χ2n) is 9.49. The first-order valence-electron chi connectivity index (χ1n) is 11.9. The van der Waals surface area contributed by atoms with E-state index in [9.17, 15) is 26.3 Å². The second-order valence-corrected chi connectivity index (χ2v) is 9.49. The molecule has 38 heavy (non-hydrogen) atoms. The summed E-state index contributed by atoms with van der Waals surface area (Å²) in [5.41, 5.74) is 2.37. The van der Waals surface area contributed by atoms with Crippen molar-refractivity contribution in [3.05, 3.63) is 107 Å². The molecule has 0 saturated carbocycles. The predicted octanol–water partition coefficient (Wildman–Crippen LogP) is 8.64. The van der Waals surface area contributed by atoms with Gasteiger partial charge in [0, 0.05) is 49.7 Å². The molecule has 5 rings (SSSR count). The standard InChI is InChI=1S/C30H24F6N2/c1-37-17-21-15-20(12-13-25(21)29(31,32)33)24-8-4-6-10-28(24)38(2)18-22-16-19(11-14-26(22)30(34,35)36)23-7-3-5-9-27(23)37/h3-16H,17-18H2,1-2H3. The predicted molar refractivity (Wildman–Crippen MR) is 138 cm³/mol. The van der Waals surface area contributed by atoms with Crippen molar-refractivity contribution in [3.8, 4) is 22.3 Å². The van der Waals surface area contributed by atoms with Crippen molar-refractivity contribution < 1.29 is 26.3 Å². The van der Waals surface area contributed by atoms with Crippen LogP contribution in [0.25, 0.3) is 22.3 Å². The van der Waals surface area contributed by atoms with E-state index in [0.717, 1.165) is 12.1 Å². The Morgan fingerprint density at radius 3 is 1.26 bits per heavy atom. The monoisotopic (exact) mass is 526 g/mol. The molecule has 2 nitrogen and oxygen atoms in total. The van der Waals surface area contributed by atoms with Gasteiger partial charge in [-0.3, -0.25) is 0 Å². The average molecular weight is 527 g/mol. The molecule has 1 aliphatic rings. The van der Waals surface area contributed by atoms with Crippen LogP contribution in [0.3, 0.4) is 0 Å². The molecule has 1 aliphatic heterocycles. The number of anilines is 2. The van der Waals surface area contributed by atoms with Gasteiger partial charge in [-0.25, -0.2) is 0 Å². The van der Waals surface area contributed by atoms with Gasteiger partial charge in [0.05, 0.1) is 11.1 Å². The fraction of sp³-hybridized carbons (Fsp3) is 0.200. The Morgan fingerprint density at radius 2 is 0.895 bits per heavy atom. The van der Waals surface area contributed by atoms with Crippen molar-refractivity contribution in [2.75, 3.05) is 23.9 Å². The summed E-state index contributed by atoms with van der Waals surface area (Å²) in [6.07, 6.45) is -9.09. The van der Waals surface area contributed by atoms with Crippen LogP contribution in [0.5, 0.6) is 0 Å². The van der Waals surface area contributed by atoms with Crippen LogP contribution in [0, 0.1) is 0 Å². The van der Waals surface area contributed by atoms with Gasteiger partial charge in [0.2, 0.25) is 0 Å². The fourth-order valence-electron chi connectivity index (χ4n) is 5.12. The first-order chi connectivity index (χ1) is 17.9. The normalized spacial score (nSPS) is 14.0. The second kappa shape index (κ2) is 9.42. The largest absolute Gasteiger partial charge is 0.416 e. The van der Waals surface area contributed by atoms with E-state index >= 15 is 0 Å². The molecule has 0 spiro atoms. The maximum Gasteiger partial charge on any atom is 0.416 e. The van der Waals surface area contributed by atoms with Crippen LogP contribution in [0.4, 0.5) is 37.7 Å². The Balaban J connectivity index is 1.79. The van der Waals surface area contributed by atoms with Gasteiger partial charge < -0.3 is 9.80 Å². The third-order valence-electron chi connectivity index (χ3n) is 6.89. The Morgan fingerprint density at radius 1 is 0.526 bits per heavy atom. The Hall–Kier alpha value is -3.94. The first-order valence-corrected chi connectivity index (χ1v) is 11.9. The van der Waals surface area contributed by atoms with Gasteiger partial charge in [-0.15, -0.1) is 0 Å². The highest BCUT2D eigenvalue weighted by Gasteiger charge is 2.35. The Kier molecular flexibility index (Phi) is 6.37. The van der Waals surface area contributed by atoms with Gasteiger partial charge in [-0.1, -0.05) is 48.5 Å². The zero-order valence-corrected chi connectivity index (χ0v) is 20.7. The SMILES string of the molecule is CN1Cc2cc(ccc2C(F)(F)F)-c2ccccc2N(C)Cc2cc(ccc2C(F)(F)F)-c2ccccc21. The fourth-order valence-corrected chi connectivity index (χ4v) is 5.12. The first kappa shape index (κ1) is 25.7. The van der Waals surface area contributed by atoms with Gasteiger partial charge in [0.25, 0.3) is 0 Å². The summed E-state index contributed by atoms with van der Waals surface area (Å²) < 4.78 is 84.1. The molecule has 196 valence electrons. The summed E-state index contributed by atoms with van der Waals surface area (Å²) in [7, 11) is 3.37. The topological polar surface area (TPSA) is 6.48 Å². The van der Waals surface area contributed by atoms with E-state index < -0.39 is 23.5 Å². The molecule has 0 aromatic heterocycles. The molecule has 1 heterocycles. The minimum absolute atomic E-state index is 0.0504. The molecule has 4 aromatic rings. The number of para-hydroxylation sites is 2. The van der Waals surface area contributed by atoms with Crippen LogP contribution in [0.1, 0.15) is 22.3 Å². The molecule has 0 fully saturated rings. The third kappa shape index (κ3) is 4.83. The van der Waals surface area contributed by atoms with Crippen LogP contribution in [-0.2, 0) is 25.4 Å². The number of hydrogen-bond donors (Lipinski definition) is 0. The highest BCUT2D eigenvalue weighted by Crippen LogP contribution is 2.41. The van der Waals surface area contributed by atoms with Crippen LogP contribution >= 0.6 is 0 Å². The van der Waals surface area contributed by atoms with Gasteiger partial charge in [-0.2, -0.15) is 26.3 Å². The van der Waals surface area contributed by atoms with Crippen molar-refractivity contribution in [3.63, 3.8) is 0 Å². The Bertz CT molecular complexity index is 1380. The summed E-state index contributed by atoms with van der Waals surface area (Å²) in [5.74, 6) is 0. The van der Waals surface area contributed by atoms with E-state index in [4.69, 9.17) is 0 Å². The zero-order valence-electron chi connectivity index (χ0n) is 20.7. The number of hydrogen-bond acceptors (Lipinski definition) is 2. The molecule has 0 N–H and O–H groups in total. The summed E-state index contributed by atoms with van der Waals surface area (Å²) >= 11 is 0. The number of benzene rings is 4. The molecule has 0 radical (unpaired) electrons. The number of nitrogens with zero attached hydrogens (tertiary/aromatic N) is 2. The summed E-state index contributed by atoms with van der Waals surface area (Å²) in [6.45, 7) is -0.101. The van der Waals surface area contributed by atoms with Crippen molar-refractivity contribution in [2.45, 2.75) is 25.4 Å². The van der Waals surface area contributed by atoms with E-state index in [0.29, 0.717) is 33.6 Å². The number of rotatable bonds is 0. The third-order valence-corrected chi connectivity index (χ3v) is 6.89. The molecule has 8 heteroatoms. The molecular weight excluding hydrogens is 502 g/mol. The zero-order chi connectivity index (χ0) is 27.2. The van der Waals surface area contributed by atoms with Gasteiger partial charge >= 0.3 is 12.4 Å². The lowest BCUT2D eigenvalue weighted by atomic mass is 9.94. The molecule has 0 unspecified atom stereocenters.